The van der Waals surface area contributed by atoms with E-state index in [1.54, 1.807) is 26.4 Å². The molecule has 0 bridgehead atoms. The van der Waals surface area contributed by atoms with Gasteiger partial charge in [0.15, 0.2) is 0 Å². The zero-order valence-electron chi connectivity index (χ0n) is 18.6. The highest BCUT2D eigenvalue weighted by atomic mass is 32.2. The van der Waals surface area contributed by atoms with Crippen molar-refractivity contribution in [3.63, 3.8) is 0 Å². The molecule has 0 fully saturated rings. The minimum Gasteiger partial charge on any atom is -0.496 e. The number of methoxy groups -OCH3 is 2. The predicted octanol–water partition coefficient (Wildman–Crippen LogP) is 7.23. The summed E-state index contributed by atoms with van der Waals surface area (Å²) in [4.78, 5) is 11.6. The maximum absolute atomic E-state index is 11.6. The second-order valence-electron chi connectivity index (χ2n) is 7.85. The number of nitroso groups, excluding NO2 is 1. The van der Waals surface area contributed by atoms with Crippen LogP contribution in [0, 0.1) is 10.8 Å². The topological polar surface area (TPSA) is 80.2 Å². The summed E-state index contributed by atoms with van der Waals surface area (Å²) in [6.07, 6.45) is 4.16. The summed E-state index contributed by atoms with van der Waals surface area (Å²) in [7, 11) is 3.17. The maximum atomic E-state index is 11.6. The lowest BCUT2D eigenvalue weighted by Crippen LogP contribution is -2.03. The van der Waals surface area contributed by atoms with Gasteiger partial charge in [-0.1, -0.05) is 25.5 Å². The van der Waals surface area contributed by atoms with E-state index in [0.29, 0.717) is 33.9 Å². The fourth-order valence-corrected chi connectivity index (χ4v) is 4.84. The van der Waals surface area contributed by atoms with Crippen molar-refractivity contribution in [1.82, 2.24) is 0 Å². The van der Waals surface area contributed by atoms with E-state index in [9.17, 15) is 10.1 Å². The normalized spacial score (nSPS) is 12.0. The zero-order valence-corrected chi connectivity index (χ0v) is 19.4. The molecule has 30 heavy (non-hydrogen) atoms. The third-order valence-electron chi connectivity index (χ3n) is 4.95. The maximum Gasteiger partial charge on any atom is 0.133 e. The van der Waals surface area contributed by atoms with Crippen molar-refractivity contribution in [3.05, 3.63) is 40.3 Å². The Balaban J connectivity index is 2.75. The second kappa shape index (κ2) is 11.2. The van der Waals surface area contributed by atoms with Gasteiger partial charge in [-0.05, 0) is 61.7 Å². The first-order valence-corrected chi connectivity index (χ1v) is 11.1. The lowest BCUT2D eigenvalue weighted by Gasteiger charge is -2.23. The minimum absolute atomic E-state index is 0.122. The highest BCUT2D eigenvalue weighted by Gasteiger charge is 2.25. The van der Waals surface area contributed by atoms with Gasteiger partial charge < -0.3 is 9.47 Å². The van der Waals surface area contributed by atoms with E-state index in [-0.39, 0.29) is 10.9 Å². The Bertz CT molecular complexity index is 908. The Morgan fingerprint density at radius 1 is 1.23 bits per heavy atom. The van der Waals surface area contributed by atoms with Gasteiger partial charge in [0.25, 0.3) is 0 Å². The Kier molecular flexibility index (Phi) is 8.99. The molecule has 0 aliphatic rings. The van der Waals surface area contributed by atoms with E-state index >= 15 is 0 Å². The summed E-state index contributed by atoms with van der Waals surface area (Å²) in [6.45, 7) is 8.61. The van der Waals surface area contributed by atoms with Gasteiger partial charge in [-0.2, -0.15) is 11.8 Å². The Labute approximate surface area is 183 Å². The summed E-state index contributed by atoms with van der Waals surface area (Å²) >= 11 is 1.87. The summed E-state index contributed by atoms with van der Waals surface area (Å²) in [5, 5.41) is 14.0. The number of allylic oxidation sites excluding steroid dienone is 2. The van der Waals surface area contributed by atoms with Crippen LogP contribution in [0.5, 0.6) is 11.5 Å². The van der Waals surface area contributed by atoms with Crippen molar-refractivity contribution in [2.45, 2.75) is 45.8 Å². The van der Waals surface area contributed by atoms with Gasteiger partial charge in [-0.3, -0.25) is 10.7 Å². The van der Waals surface area contributed by atoms with Gasteiger partial charge in [-0.25, -0.2) is 0 Å². The van der Waals surface area contributed by atoms with Crippen LogP contribution in [0.25, 0.3) is 10.8 Å². The molecule has 2 rings (SSSR count). The average Bonchev–Trinajstić information content (AvgIpc) is 2.73. The number of nitrogens with one attached hydrogen (secondary N) is 1. The molecule has 0 heterocycles. The molecule has 1 unspecified atom stereocenters. The largest absolute Gasteiger partial charge is 0.496 e. The summed E-state index contributed by atoms with van der Waals surface area (Å²) in [5.74, 6) is 2.77. The number of fused-ring (bicyclic) bond motifs is 1. The number of thioether (sulfide) groups is 1. The molecule has 0 saturated heterocycles. The molecule has 2 aromatic rings. The minimum atomic E-state index is 0.122. The number of nitrogens with zero attached hydrogens (tertiary/aromatic N) is 1. The molecule has 164 valence electrons. The van der Waals surface area contributed by atoms with Gasteiger partial charge in [0, 0.05) is 10.8 Å². The Morgan fingerprint density at radius 3 is 2.50 bits per heavy atom. The Hall–Kier alpha value is -2.25. The molecule has 0 saturated carbocycles. The number of hydrogen-bond acceptors (Lipinski definition) is 7. The SMILES string of the molecule is COc1cc(C(CC=C(C)C)SCCC(C)C)c(OC)c2c(N=O)ccc(NO)c12. The van der Waals surface area contributed by atoms with E-state index < -0.39 is 0 Å². The second-order valence-corrected chi connectivity index (χ2v) is 9.16. The first-order valence-electron chi connectivity index (χ1n) is 10.1. The summed E-state index contributed by atoms with van der Waals surface area (Å²) in [5.41, 5.74) is 5.06. The van der Waals surface area contributed by atoms with Crippen LogP contribution in [-0.2, 0) is 0 Å². The highest BCUT2D eigenvalue weighted by molar-refractivity contribution is 7.99. The molecule has 0 aliphatic carbocycles. The van der Waals surface area contributed by atoms with Crippen molar-refractivity contribution in [2.24, 2.45) is 11.1 Å². The van der Waals surface area contributed by atoms with Gasteiger partial charge in [-0.15, -0.1) is 4.91 Å². The van der Waals surface area contributed by atoms with Crippen molar-refractivity contribution >= 4 is 33.9 Å². The number of rotatable bonds is 11. The molecule has 0 amide bonds. The van der Waals surface area contributed by atoms with Crippen LogP contribution >= 0.6 is 11.8 Å². The van der Waals surface area contributed by atoms with Crippen LogP contribution in [0.2, 0.25) is 0 Å². The first-order chi connectivity index (χ1) is 14.4. The fraction of sp³-hybridized carbons (Fsp3) is 0.478. The van der Waals surface area contributed by atoms with Crippen molar-refractivity contribution in [3.8, 4) is 11.5 Å². The highest BCUT2D eigenvalue weighted by Crippen LogP contribution is 2.50. The van der Waals surface area contributed by atoms with E-state index in [1.165, 1.54) is 5.57 Å². The van der Waals surface area contributed by atoms with E-state index in [1.807, 2.05) is 17.8 Å². The first kappa shape index (κ1) is 24.0. The van der Waals surface area contributed by atoms with Gasteiger partial charge in [0.1, 0.15) is 17.2 Å². The van der Waals surface area contributed by atoms with Crippen LogP contribution in [0.1, 0.15) is 51.3 Å². The fourth-order valence-electron chi connectivity index (χ4n) is 3.36. The third-order valence-corrected chi connectivity index (χ3v) is 6.27. The standard InChI is InChI=1S/C23H32N2O4S/c1-14(2)7-10-20(30-12-11-15(3)4)16-13-19(28-5)21-17(24-26)8-9-18(25-27)22(21)23(16)29-6/h7-9,13,15,20,24,26H,10-12H2,1-6H3. The smallest absolute Gasteiger partial charge is 0.133 e. The van der Waals surface area contributed by atoms with Gasteiger partial charge >= 0.3 is 0 Å². The molecule has 0 spiro atoms. The molecule has 0 radical (unpaired) electrons. The molecular formula is C23H32N2O4S. The van der Waals surface area contributed by atoms with Crippen molar-refractivity contribution in [1.29, 1.82) is 0 Å². The lowest BCUT2D eigenvalue weighted by molar-refractivity contribution is 0.388. The number of benzene rings is 2. The quantitative estimate of drug-likeness (QED) is 0.221. The monoisotopic (exact) mass is 432 g/mol. The van der Waals surface area contributed by atoms with Crippen LogP contribution in [0.4, 0.5) is 11.4 Å². The van der Waals surface area contributed by atoms with E-state index in [0.717, 1.165) is 24.2 Å². The van der Waals surface area contributed by atoms with Crippen molar-refractivity contribution < 1.29 is 14.7 Å². The third kappa shape index (κ3) is 5.46. The molecule has 2 N–H and O–H groups in total. The van der Waals surface area contributed by atoms with Crippen LogP contribution < -0.4 is 15.0 Å². The molecule has 0 aliphatic heterocycles. The van der Waals surface area contributed by atoms with E-state index in [4.69, 9.17) is 9.47 Å². The molecule has 1 atom stereocenters. The number of hydrogen-bond donors (Lipinski definition) is 2. The van der Waals surface area contributed by atoms with Crippen LogP contribution in [0.3, 0.4) is 0 Å². The number of anilines is 1. The van der Waals surface area contributed by atoms with Crippen molar-refractivity contribution in [2.75, 3.05) is 25.5 Å². The molecule has 7 heteroatoms. The molecular weight excluding hydrogens is 400 g/mol. The predicted molar refractivity (Wildman–Crippen MR) is 127 cm³/mol. The van der Waals surface area contributed by atoms with Crippen LogP contribution in [0.15, 0.2) is 35.0 Å². The zero-order chi connectivity index (χ0) is 22.3. The Morgan fingerprint density at radius 2 is 1.97 bits per heavy atom. The molecule has 2 aromatic carbocycles. The molecule has 0 aromatic heterocycles. The van der Waals surface area contributed by atoms with Crippen LogP contribution in [-0.4, -0.2) is 25.2 Å². The van der Waals surface area contributed by atoms with Gasteiger partial charge in [0.2, 0.25) is 0 Å². The average molecular weight is 433 g/mol. The summed E-state index contributed by atoms with van der Waals surface area (Å²) in [6, 6.07) is 5.11. The molecule has 6 nitrogen and oxygen atoms in total. The lowest BCUT2D eigenvalue weighted by atomic mass is 9.97. The van der Waals surface area contributed by atoms with Gasteiger partial charge in [0.05, 0.1) is 30.7 Å². The van der Waals surface area contributed by atoms with E-state index in [2.05, 4.69) is 44.4 Å². The summed E-state index contributed by atoms with van der Waals surface area (Å²) < 4.78 is 11.5. The number of ether oxygens (including phenoxy) is 2.